The van der Waals surface area contributed by atoms with Gasteiger partial charge in [-0.1, -0.05) is 12.1 Å². The topological polar surface area (TPSA) is 52.6 Å². The molecule has 6 heteroatoms. The average Bonchev–Trinajstić information content (AvgIpc) is 2.69. The molecule has 0 spiro atoms. The van der Waals surface area contributed by atoms with Crippen LogP contribution in [-0.4, -0.2) is 61.4 Å². The fourth-order valence-corrected chi connectivity index (χ4v) is 2.48. The van der Waals surface area contributed by atoms with Crippen LogP contribution in [0.1, 0.15) is 12.0 Å². The van der Waals surface area contributed by atoms with Crippen molar-refractivity contribution >= 4 is 11.8 Å². The van der Waals surface area contributed by atoms with Gasteiger partial charge in [0, 0.05) is 19.6 Å². The molecule has 1 heterocycles. The number of likely N-dealkylation sites (N-methyl/N-ethyl adjacent to an activating group) is 1. The summed E-state index contributed by atoms with van der Waals surface area (Å²) in [7, 11) is 2.04. The molecule has 0 atom stereocenters. The Hall–Kier alpha value is -1.95. The van der Waals surface area contributed by atoms with Gasteiger partial charge in [0.15, 0.2) is 0 Å². The van der Waals surface area contributed by atoms with Gasteiger partial charge in [0.25, 0.3) is 0 Å². The van der Waals surface area contributed by atoms with E-state index < -0.39 is 0 Å². The molecule has 0 bridgehead atoms. The maximum atomic E-state index is 13.0. The number of benzene rings is 1. The summed E-state index contributed by atoms with van der Waals surface area (Å²) in [5.41, 5.74) is 0.598. The summed E-state index contributed by atoms with van der Waals surface area (Å²) in [6.07, 6.45) is 1.02. The lowest BCUT2D eigenvalue weighted by atomic mass is 10.1. The normalized spacial score (nSPS) is 16.2. The zero-order valence-electron chi connectivity index (χ0n) is 12.8. The molecule has 2 amide bonds. The van der Waals surface area contributed by atoms with E-state index in [0.29, 0.717) is 12.1 Å². The van der Waals surface area contributed by atoms with Crippen LogP contribution < -0.4 is 5.32 Å². The number of amides is 2. The summed E-state index contributed by atoms with van der Waals surface area (Å²) in [6, 6.07) is 5.92. The lowest BCUT2D eigenvalue weighted by molar-refractivity contribution is -0.132. The lowest BCUT2D eigenvalue weighted by Gasteiger charge is -2.20. The summed E-state index contributed by atoms with van der Waals surface area (Å²) in [5, 5.41) is 2.61. The Labute approximate surface area is 130 Å². The first kappa shape index (κ1) is 16.4. The van der Waals surface area contributed by atoms with Crippen LogP contribution in [0.15, 0.2) is 24.3 Å². The van der Waals surface area contributed by atoms with E-state index in [1.165, 1.54) is 12.1 Å². The Bertz CT molecular complexity index is 536. The van der Waals surface area contributed by atoms with Gasteiger partial charge >= 0.3 is 0 Å². The maximum Gasteiger partial charge on any atom is 0.242 e. The number of hydrogen-bond acceptors (Lipinski definition) is 3. The number of nitrogens with one attached hydrogen (secondary N) is 1. The quantitative estimate of drug-likeness (QED) is 0.888. The molecule has 120 valence electrons. The van der Waals surface area contributed by atoms with Gasteiger partial charge in [-0.25, -0.2) is 4.39 Å². The Kier molecular flexibility index (Phi) is 5.89. The number of rotatable bonds is 4. The molecular formula is C16H22FN3O2. The summed E-state index contributed by atoms with van der Waals surface area (Å²) in [6.45, 7) is 3.24. The Balaban J connectivity index is 1.77. The van der Waals surface area contributed by atoms with Gasteiger partial charge in [-0.05, 0) is 37.7 Å². The van der Waals surface area contributed by atoms with Gasteiger partial charge in [0.05, 0.1) is 13.0 Å². The van der Waals surface area contributed by atoms with Gasteiger partial charge in [0.2, 0.25) is 11.8 Å². The molecule has 2 rings (SSSR count). The molecule has 0 radical (unpaired) electrons. The van der Waals surface area contributed by atoms with E-state index in [-0.39, 0.29) is 30.6 Å². The van der Waals surface area contributed by atoms with Crippen molar-refractivity contribution < 1.29 is 14.0 Å². The van der Waals surface area contributed by atoms with Crippen molar-refractivity contribution in [3.05, 3.63) is 35.6 Å². The van der Waals surface area contributed by atoms with Crippen LogP contribution in [0, 0.1) is 5.82 Å². The molecule has 1 aliphatic heterocycles. The zero-order chi connectivity index (χ0) is 15.9. The van der Waals surface area contributed by atoms with E-state index >= 15 is 0 Å². The second-order valence-electron chi connectivity index (χ2n) is 5.62. The smallest absolute Gasteiger partial charge is 0.242 e. The third-order valence-electron chi connectivity index (χ3n) is 3.76. The Morgan fingerprint density at radius 2 is 2.05 bits per heavy atom. The molecule has 0 aliphatic carbocycles. The number of halogens is 1. The number of hydrogen-bond donors (Lipinski definition) is 1. The van der Waals surface area contributed by atoms with Gasteiger partial charge in [-0.15, -0.1) is 0 Å². The maximum absolute atomic E-state index is 13.0. The summed E-state index contributed by atoms with van der Waals surface area (Å²) in [4.78, 5) is 27.9. The Morgan fingerprint density at radius 1 is 1.23 bits per heavy atom. The van der Waals surface area contributed by atoms with E-state index in [0.717, 1.165) is 26.1 Å². The average molecular weight is 307 g/mol. The molecular weight excluding hydrogens is 285 g/mol. The second kappa shape index (κ2) is 7.89. The summed E-state index contributed by atoms with van der Waals surface area (Å²) < 4.78 is 13.0. The first-order chi connectivity index (χ1) is 10.5. The van der Waals surface area contributed by atoms with Gasteiger partial charge in [-0.3, -0.25) is 9.59 Å². The molecule has 1 N–H and O–H groups in total. The van der Waals surface area contributed by atoms with E-state index in [1.54, 1.807) is 17.0 Å². The SMILES string of the molecule is CN1CCCN(C(=O)CNC(=O)Cc2cccc(F)c2)CC1. The van der Waals surface area contributed by atoms with Gasteiger partial charge in [0.1, 0.15) is 5.82 Å². The van der Waals surface area contributed by atoms with E-state index in [4.69, 9.17) is 0 Å². The molecule has 0 saturated carbocycles. The van der Waals surface area contributed by atoms with Crippen LogP contribution in [-0.2, 0) is 16.0 Å². The predicted molar refractivity (Wildman–Crippen MR) is 81.8 cm³/mol. The third kappa shape index (κ3) is 5.11. The molecule has 1 aromatic carbocycles. The van der Waals surface area contributed by atoms with Crippen molar-refractivity contribution in [2.24, 2.45) is 0 Å². The van der Waals surface area contributed by atoms with Crippen molar-refractivity contribution in [1.82, 2.24) is 15.1 Å². The minimum Gasteiger partial charge on any atom is -0.347 e. The van der Waals surface area contributed by atoms with Crippen LogP contribution in [0.5, 0.6) is 0 Å². The zero-order valence-corrected chi connectivity index (χ0v) is 12.8. The van der Waals surface area contributed by atoms with Crippen LogP contribution in [0.3, 0.4) is 0 Å². The van der Waals surface area contributed by atoms with Gasteiger partial charge < -0.3 is 15.1 Å². The standard InChI is InChI=1S/C16H22FN3O2/c1-19-6-3-7-20(9-8-19)16(22)12-18-15(21)11-13-4-2-5-14(17)10-13/h2,4-5,10H,3,6-9,11-12H2,1H3,(H,18,21). The highest BCUT2D eigenvalue weighted by molar-refractivity contribution is 5.85. The highest BCUT2D eigenvalue weighted by Gasteiger charge is 2.17. The van der Waals surface area contributed by atoms with Crippen LogP contribution in [0.25, 0.3) is 0 Å². The number of carbonyl (C=O) groups is 2. The molecule has 5 nitrogen and oxygen atoms in total. The summed E-state index contributed by atoms with van der Waals surface area (Å²) >= 11 is 0. The van der Waals surface area contributed by atoms with Crippen LogP contribution >= 0.6 is 0 Å². The van der Waals surface area contributed by atoms with Crippen molar-refractivity contribution in [2.45, 2.75) is 12.8 Å². The highest BCUT2D eigenvalue weighted by atomic mass is 19.1. The number of carbonyl (C=O) groups excluding carboxylic acids is 2. The molecule has 0 unspecified atom stereocenters. The van der Waals surface area contributed by atoms with Crippen molar-refractivity contribution in [2.75, 3.05) is 39.8 Å². The van der Waals surface area contributed by atoms with E-state index in [1.807, 2.05) is 7.05 Å². The van der Waals surface area contributed by atoms with Crippen LogP contribution in [0.2, 0.25) is 0 Å². The van der Waals surface area contributed by atoms with Crippen LogP contribution in [0.4, 0.5) is 4.39 Å². The Morgan fingerprint density at radius 3 is 2.82 bits per heavy atom. The molecule has 1 saturated heterocycles. The fourth-order valence-electron chi connectivity index (χ4n) is 2.48. The largest absolute Gasteiger partial charge is 0.347 e. The van der Waals surface area contributed by atoms with Crippen molar-refractivity contribution in [3.8, 4) is 0 Å². The molecule has 22 heavy (non-hydrogen) atoms. The second-order valence-corrected chi connectivity index (χ2v) is 5.62. The van der Waals surface area contributed by atoms with Gasteiger partial charge in [-0.2, -0.15) is 0 Å². The number of nitrogens with zero attached hydrogens (tertiary/aromatic N) is 2. The molecule has 1 aromatic rings. The third-order valence-corrected chi connectivity index (χ3v) is 3.76. The minimum absolute atomic E-state index is 0.00212. The molecule has 1 fully saturated rings. The summed E-state index contributed by atoms with van der Waals surface area (Å²) in [5.74, 6) is -0.705. The fraction of sp³-hybridized carbons (Fsp3) is 0.500. The first-order valence-corrected chi connectivity index (χ1v) is 7.52. The highest BCUT2D eigenvalue weighted by Crippen LogP contribution is 2.04. The molecule has 1 aliphatic rings. The van der Waals surface area contributed by atoms with E-state index in [2.05, 4.69) is 10.2 Å². The predicted octanol–water partition coefficient (Wildman–Crippen LogP) is 0.649. The van der Waals surface area contributed by atoms with Crippen molar-refractivity contribution in [3.63, 3.8) is 0 Å². The molecule has 0 aromatic heterocycles. The monoisotopic (exact) mass is 307 g/mol. The van der Waals surface area contributed by atoms with E-state index in [9.17, 15) is 14.0 Å². The minimum atomic E-state index is -0.366. The van der Waals surface area contributed by atoms with Crippen molar-refractivity contribution in [1.29, 1.82) is 0 Å². The lowest BCUT2D eigenvalue weighted by Crippen LogP contribution is -2.42. The first-order valence-electron chi connectivity index (χ1n) is 7.52.